The van der Waals surface area contributed by atoms with Crippen LogP contribution in [0.15, 0.2) is 36.5 Å². The highest BCUT2D eigenvalue weighted by Crippen LogP contribution is 2.28. The zero-order chi connectivity index (χ0) is 21.8. The van der Waals surface area contributed by atoms with Crippen LogP contribution in [0.4, 0.5) is 10.8 Å². The van der Waals surface area contributed by atoms with Gasteiger partial charge in [0.05, 0.1) is 14.2 Å². The number of ether oxygens (including phenoxy) is 2. The predicted molar refractivity (Wildman–Crippen MR) is 121 cm³/mol. The molecule has 0 unspecified atom stereocenters. The topological polar surface area (TPSA) is 84.8 Å². The number of carbonyl (C=O) groups is 1. The van der Waals surface area contributed by atoms with Crippen LogP contribution in [0.25, 0.3) is 5.13 Å². The fourth-order valence-electron chi connectivity index (χ4n) is 3.50. The minimum Gasteiger partial charge on any atom is -0.497 e. The van der Waals surface area contributed by atoms with E-state index in [0.717, 1.165) is 37.9 Å². The Morgan fingerprint density at radius 2 is 1.74 bits per heavy atom. The van der Waals surface area contributed by atoms with Crippen molar-refractivity contribution in [3.63, 3.8) is 0 Å². The molecule has 1 fully saturated rings. The summed E-state index contributed by atoms with van der Waals surface area (Å²) in [6.45, 7) is 7.15. The third kappa shape index (κ3) is 4.64. The molecule has 0 radical (unpaired) electrons. The van der Waals surface area contributed by atoms with Crippen LogP contribution in [0.2, 0.25) is 0 Å². The van der Waals surface area contributed by atoms with Gasteiger partial charge in [-0.15, -0.1) is 10.2 Å². The molecular weight excluding hydrogens is 416 g/mol. The SMILES string of the molecule is CCN1CCN(c2nnc(-n3cccc3C(=O)Nc3cc(OC)cc(OC)c3)s2)CC1. The van der Waals surface area contributed by atoms with Crippen LogP contribution in [0.3, 0.4) is 0 Å². The first-order valence-corrected chi connectivity index (χ1v) is 11.0. The molecule has 1 aromatic carbocycles. The lowest BCUT2D eigenvalue weighted by Gasteiger charge is -2.33. The molecule has 4 rings (SSSR count). The van der Waals surface area contributed by atoms with Gasteiger partial charge < -0.3 is 24.6 Å². The third-order valence-corrected chi connectivity index (χ3v) is 6.27. The standard InChI is InChI=1S/C21H26N6O3S/c1-4-25-8-10-26(11-9-25)20-23-24-21(31-20)27-7-5-6-18(27)19(28)22-15-12-16(29-2)14-17(13-15)30-3/h5-7,12-14H,4,8-11H2,1-3H3,(H,22,28). The lowest BCUT2D eigenvalue weighted by molar-refractivity contribution is 0.102. The first-order chi connectivity index (χ1) is 15.1. The van der Waals surface area contributed by atoms with Gasteiger partial charge in [-0.1, -0.05) is 18.3 Å². The fourth-order valence-corrected chi connectivity index (χ4v) is 4.39. The maximum Gasteiger partial charge on any atom is 0.272 e. The molecule has 1 aliphatic rings. The Bertz CT molecular complexity index is 1020. The smallest absolute Gasteiger partial charge is 0.272 e. The molecule has 1 aliphatic heterocycles. The van der Waals surface area contributed by atoms with E-state index in [9.17, 15) is 4.79 Å². The molecule has 0 aliphatic carbocycles. The van der Waals surface area contributed by atoms with Gasteiger partial charge in [-0.05, 0) is 18.7 Å². The zero-order valence-electron chi connectivity index (χ0n) is 17.9. The van der Waals surface area contributed by atoms with Crippen molar-refractivity contribution in [3.8, 4) is 16.6 Å². The van der Waals surface area contributed by atoms with Gasteiger partial charge in [0, 0.05) is 56.3 Å². The molecule has 1 amide bonds. The van der Waals surface area contributed by atoms with Gasteiger partial charge in [0.2, 0.25) is 10.3 Å². The summed E-state index contributed by atoms with van der Waals surface area (Å²) in [6, 6.07) is 8.82. The molecule has 0 atom stereocenters. The molecule has 164 valence electrons. The lowest BCUT2D eigenvalue weighted by atomic mass is 10.2. The summed E-state index contributed by atoms with van der Waals surface area (Å²) >= 11 is 1.48. The Balaban J connectivity index is 1.51. The van der Waals surface area contributed by atoms with Crippen LogP contribution >= 0.6 is 11.3 Å². The highest BCUT2D eigenvalue weighted by atomic mass is 32.1. The van der Waals surface area contributed by atoms with Crippen molar-refractivity contribution < 1.29 is 14.3 Å². The monoisotopic (exact) mass is 442 g/mol. The molecule has 10 heteroatoms. The highest BCUT2D eigenvalue weighted by molar-refractivity contribution is 7.17. The van der Waals surface area contributed by atoms with E-state index in [0.29, 0.717) is 28.0 Å². The molecule has 1 saturated heterocycles. The molecule has 0 bridgehead atoms. The maximum absolute atomic E-state index is 13.0. The number of methoxy groups -OCH3 is 2. The van der Waals surface area contributed by atoms with Crippen LogP contribution < -0.4 is 19.7 Å². The van der Waals surface area contributed by atoms with E-state index < -0.39 is 0 Å². The van der Waals surface area contributed by atoms with Crippen molar-refractivity contribution in [2.24, 2.45) is 0 Å². The number of hydrogen-bond acceptors (Lipinski definition) is 8. The summed E-state index contributed by atoms with van der Waals surface area (Å²) in [5.74, 6) is 0.942. The quantitative estimate of drug-likeness (QED) is 0.602. The molecule has 3 aromatic rings. The van der Waals surface area contributed by atoms with Crippen molar-refractivity contribution in [2.45, 2.75) is 6.92 Å². The Morgan fingerprint density at radius 1 is 1.06 bits per heavy atom. The Hall–Kier alpha value is -3.11. The first kappa shape index (κ1) is 21.1. The largest absolute Gasteiger partial charge is 0.497 e. The highest BCUT2D eigenvalue weighted by Gasteiger charge is 2.21. The van der Waals surface area contributed by atoms with E-state index >= 15 is 0 Å². The number of aromatic nitrogens is 3. The van der Waals surface area contributed by atoms with Crippen LogP contribution in [-0.2, 0) is 0 Å². The Labute approximate surface area is 185 Å². The molecule has 31 heavy (non-hydrogen) atoms. The second-order valence-electron chi connectivity index (χ2n) is 7.11. The number of amides is 1. The summed E-state index contributed by atoms with van der Waals surface area (Å²) in [5, 5.41) is 13.1. The minimum atomic E-state index is -0.256. The van der Waals surface area contributed by atoms with Gasteiger partial charge in [-0.3, -0.25) is 9.36 Å². The normalized spacial score (nSPS) is 14.5. The summed E-state index contributed by atoms with van der Waals surface area (Å²) in [5.41, 5.74) is 1.06. The number of benzene rings is 1. The van der Waals surface area contributed by atoms with Crippen LogP contribution in [0, 0.1) is 0 Å². The number of piperazine rings is 1. The van der Waals surface area contributed by atoms with Crippen LogP contribution in [-0.4, -0.2) is 72.5 Å². The van der Waals surface area contributed by atoms with E-state index in [1.165, 1.54) is 11.3 Å². The second kappa shape index (κ2) is 9.36. The summed E-state index contributed by atoms with van der Waals surface area (Å²) in [7, 11) is 3.14. The average Bonchev–Trinajstić information content (AvgIpc) is 3.48. The number of likely N-dealkylation sites (N-methyl/N-ethyl adjacent to an activating group) is 1. The molecule has 3 heterocycles. The Morgan fingerprint density at radius 3 is 2.39 bits per heavy atom. The van der Waals surface area contributed by atoms with E-state index in [4.69, 9.17) is 9.47 Å². The van der Waals surface area contributed by atoms with E-state index in [1.54, 1.807) is 43.1 Å². The Kier molecular flexibility index (Phi) is 6.38. The van der Waals surface area contributed by atoms with E-state index in [2.05, 4.69) is 32.2 Å². The number of carbonyl (C=O) groups excluding carboxylic acids is 1. The van der Waals surface area contributed by atoms with E-state index in [1.807, 2.05) is 12.3 Å². The molecule has 1 N–H and O–H groups in total. The third-order valence-electron chi connectivity index (χ3n) is 5.29. The van der Waals surface area contributed by atoms with Gasteiger partial charge in [-0.2, -0.15) is 0 Å². The zero-order valence-corrected chi connectivity index (χ0v) is 18.7. The molecule has 9 nitrogen and oxygen atoms in total. The number of nitrogens with one attached hydrogen (secondary N) is 1. The van der Waals surface area contributed by atoms with Gasteiger partial charge in [0.1, 0.15) is 17.2 Å². The molecule has 0 saturated carbocycles. The number of rotatable bonds is 7. The van der Waals surface area contributed by atoms with Gasteiger partial charge in [-0.25, -0.2) is 0 Å². The van der Waals surface area contributed by atoms with Gasteiger partial charge >= 0.3 is 0 Å². The van der Waals surface area contributed by atoms with Crippen molar-refractivity contribution in [1.29, 1.82) is 0 Å². The second-order valence-corrected chi connectivity index (χ2v) is 8.04. The van der Waals surface area contributed by atoms with Crippen LogP contribution in [0.5, 0.6) is 11.5 Å². The number of nitrogens with zero attached hydrogens (tertiary/aromatic N) is 5. The summed E-state index contributed by atoms with van der Waals surface area (Å²) in [4.78, 5) is 17.6. The van der Waals surface area contributed by atoms with Gasteiger partial charge in [0.25, 0.3) is 5.91 Å². The average molecular weight is 443 g/mol. The summed E-state index contributed by atoms with van der Waals surface area (Å²) in [6.07, 6.45) is 1.82. The van der Waals surface area contributed by atoms with Crippen molar-refractivity contribution in [2.75, 3.05) is 57.2 Å². The van der Waals surface area contributed by atoms with Crippen molar-refractivity contribution >= 4 is 28.1 Å². The van der Waals surface area contributed by atoms with Crippen LogP contribution in [0.1, 0.15) is 17.4 Å². The molecule has 0 spiro atoms. The minimum absolute atomic E-state index is 0.256. The van der Waals surface area contributed by atoms with E-state index in [-0.39, 0.29) is 5.91 Å². The predicted octanol–water partition coefficient (Wildman–Crippen LogP) is 2.74. The molecule has 2 aromatic heterocycles. The lowest BCUT2D eigenvalue weighted by Crippen LogP contribution is -2.46. The van der Waals surface area contributed by atoms with Crippen molar-refractivity contribution in [1.82, 2.24) is 19.7 Å². The van der Waals surface area contributed by atoms with Crippen molar-refractivity contribution in [3.05, 3.63) is 42.2 Å². The summed E-state index contributed by atoms with van der Waals surface area (Å²) < 4.78 is 12.3. The number of anilines is 2. The fraction of sp³-hybridized carbons (Fsp3) is 0.381. The number of hydrogen-bond donors (Lipinski definition) is 1. The molecular formula is C21H26N6O3S. The van der Waals surface area contributed by atoms with Gasteiger partial charge in [0.15, 0.2) is 0 Å². The maximum atomic E-state index is 13.0. The first-order valence-electron chi connectivity index (χ1n) is 10.1.